The number of sulfonamides is 1. The molecule has 0 saturated heterocycles. The second-order valence-electron chi connectivity index (χ2n) is 9.51. The van der Waals surface area contributed by atoms with Crippen molar-refractivity contribution in [2.75, 3.05) is 26.7 Å². The summed E-state index contributed by atoms with van der Waals surface area (Å²) in [6.45, 7) is 7.61. The molecule has 0 radical (unpaired) electrons. The molecule has 0 bridgehead atoms. The number of carbonyl (C=O) groups is 1. The van der Waals surface area contributed by atoms with Crippen LogP contribution in [0.1, 0.15) is 52.5 Å². The predicted molar refractivity (Wildman–Crippen MR) is 129 cm³/mol. The summed E-state index contributed by atoms with van der Waals surface area (Å²) in [7, 11) is -2.17. The molecule has 0 fully saturated rings. The number of fused-ring (bicyclic) bond motifs is 1. The Morgan fingerprint density at radius 3 is 2.67 bits per heavy atom. The molecule has 1 aromatic rings. The minimum absolute atomic E-state index is 0.00429. The van der Waals surface area contributed by atoms with Gasteiger partial charge in [-0.05, 0) is 63.3 Å². The van der Waals surface area contributed by atoms with Gasteiger partial charge in [0.2, 0.25) is 10.0 Å². The lowest BCUT2D eigenvalue weighted by molar-refractivity contribution is 0.0809. The summed E-state index contributed by atoms with van der Waals surface area (Å²) in [5.41, 5.74) is 2.15. The molecule has 1 aromatic carbocycles. The number of ether oxygens (including phenoxy) is 1. The quantitative estimate of drug-likeness (QED) is 0.653. The van der Waals surface area contributed by atoms with Crippen LogP contribution in [0.4, 0.5) is 4.79 Å². The molecule has 2 aliphatic rings. The summed E-state index contributed by atoms with van der Waals surface area (Å²) in [6.07, 6.45) is 4.81. The molecule has 1 heterocycles. The van der Waals surface area contributed by atoms with E-state index in [0.717, 1.165) is 24.8 Å². The minimum atomic E-state index is -3.88. The molecule has 33 heavy (non-hydrogen) atoms. The standard InChI is InChI=1S/C24H37N3O5S/c1-16(2)25-24(29)26(5)14-22-17(3)13-27(18(4)15-28)33(30,31)23-11-10-20(12-21(23)32-22)19-8-6-7-9-19/h8,10-12,16-18,22,28H,6-7,9,13-15H2,1-5H3,(H,25,29)/t17-,18-,22+/m0/s1. The molecule has 0 spiro atoms. The van der Waals surface area contributed by atoms with Gasteiger partial charge in [0.1, 0.15) is 16.7 Å². The van der Waals surface area contributed by atoms with Gasteiger partial charge in [-0.15, -0.1) is 0 Å². The van der Waals surface area contributed by atoms with Gasteiger partial charge in [-0.2, -0.15) is 4.31 Å². The Balaban J connectivity index is 2.02. The molecule has 2 amide bonds. The van der Waals surface area contributed by atoms with Gasteiger partial charge in [0, 0.05) is 31.6 Å². The van der Waals surface area contributed by atoms with Crippen molar-refractivity contribution in [2.45, 2.75) is 70.0 Å². The lowest BCUT2D eigenvalue weighted by Crippen LogP contribution is -2.51. The Labute approximate surface area is 197 Å². The second-order valence-corrected chi connectivity index (χ2v) is 11.4. The number of rotatable bonds is 6. The van der Waals surface area contributed by atoms with E-state index in [-0.39, 0.29) is 36.0 Å². The summed E-state index contributed by atoms with van der Waals surface area (Å²) < 4.78 is 34.8. The minimum Gasteiger partial charge on any atom is -0.487 e. The zero-order valence-corrected chi connectivity index (χ0v) is 21.1. The number of urea groups is 1. The highest BCUT2D eigenvalue weighted by Gasteiger charge is 2.38. The lowest BCUT2D eigenvalue weighted by atomic mass is 10.0. The maximum absolute atomic E-state index is 13.6. The monoisotopic (exact) mass is 479 g/mol. The molecule has 1 aliphatic heterocycles. The van der Waals surface area contributed by atoms with E-state index in [4.69, 9.17) is 4.74 Å². The number of nitrogens with one attached hydrogen (secondary N) is 1. The fraction of sp³-hybridized carbons (Fsp3) is 0.625. The van der Waals surface area contributed by atoms with Crippen molar-refractivity contribution < 1.29 is 23.1 Å². The van der Waals surface area contributed by atoms with Crippen molar-refractivity contribution >= 4 is 21.6 Å². The van der Waals surface area contributed by atoms with Crippen LogP contribution in [0, 0.1) is 5.92 Å². The average Bonchev–Trinajstić information content (AvgIpc) is 3.29. The van der Waals surface area contributed by atoms with Crippen LogP contribution < -0.4 is 10.1 Å². The number of benzene rings is 1. The van der Waals surface area contributed by atoms with Gasteiger partial charge >= 0.3 is 6.03 Å². The molecule has 0 unspecified atom stereocenters. The van der Waals surface area contributed by atoms with E-state index in [1.165, 1.54) is 9.88 Å². The fourth-order valence-electron chi connectivity index (χ4n) is 4.29. The highest BCUT2D eigenvalue weighted by Crippen LogP contribution is 2.37. The largest absolute Gasteiger partial charge is 0.487 e. The Bertz CT molecular complexity index is 992. The lowest BCUT2D eigenvalue weighted by Gasteiger charge is -2.37. The van der Waals surface area contributed by atoms with Crippen LogP contribution in [0.3, 0.4) is 0 Å². The van der Waals surface area contributed by atoms with Crippen LogP contribution in [0.5, 0.6) is 5.75 Å². The van der Waals surface area contributed by atoms with Crippen LogP contribution in [0.25, 0.3) is 5.57 Å². The van der Waals surface area contributed by atoms with Gasteiger partial charge in [0.25, 0.3) is 0 Å². The molecule has 1 aliphatic carbocycles. The highest BCUT2D eigenvalue weighted by molar-refractivity contribution is 7.89. The number of amides is 2. The number of likely N-dealkylation sites (N-methyl/N-ethyl adjacent to an activating group) is 1. The van der Waals surface area contributed by atoms with E-state index in [0.29, 0.717) is 12.3 Å². The molecular formula is C24H37N3O5S. The first-order valence-electron chi connectivity index (χ1n) is 11.7. The van der Waals surface area contributed by atoms with Crippen LogP contribution in [0.15, 0.2) is 29.2 Å². The van der Waals surface area contributed by atoms with E-state index in [2.05, 4.69) is 11.4 Å². The summed E-state index contributed by atoms with van der Waals surface area (Å²) in [5.74, 6) is 0.0789. The third kappa shape index (κ3) is 5.70. The molecule has 8 nitrogen and oxygen atoms in total. The first kappa shape index (κ1) is 25.5. The maximum Gasteiger partial charge on any atom is 0.317 e. The molecule has 9 heteroatoms. The second kappa shape index (κ2) is 10.4. The van der Waals surface area contributed by atoms with Crippen LogP contribution in [-0.2, 0) is 10.0 Å². The highest BCUT2D eigenvalue weighted by atomic mass is 32.2. The first-order chi connectivity index (χ1) is 15.5. The summed E-state index contributed by atoms with van der Waals surface area (Å²) in [4.78, 5) is 14.2. The third-order valence-corrected chi connectivity index (χ3v) is 8.31. The topological polar surface area (TPSA) is 99.2 Å². The molecular weight excluding hydrogens is 442 g/mol. The Kier molecular flexibility index (Phi) is 8.08. The zero-order chi connectivity index (χ0) is 24.3. The van der Waals surface area contributed by atoms with E-state index < -0.39 is 22.2 Å². The van der Waals surface area contributed by atoms with E-state index in [9.17, 15) is 18.3 Å². The number of aliphatic hydroxyl groups is 1. The molecule has 3 rings (SSSR count). The fourth-order valence-corrected chi connectivity index (χ4v) is 6.11. The van der Waals surface area contributed by atoms with Crippen molar-refractivity contribution in [1.82, 2.24) is 14.5 Å². The Morgan fingerprint density at radius 2 is 2.06 bits per heavy atom. The number of aliphatic hydroxyl groups excluding tert-OH is 1. The van der Waals surface area contributed by atoms with Crippen LogP contribution in [-0.4, -0.2) is 73.7 Å². The smallest absolute Gasteiger partial charge is 0.317 e. The van der Waals surface area contributed by atoms with Gasteiger partial charge in [-0.25, -0.2) is 13.2 Å². The Hall–Kier alpha value is -2.10. The van der Waals surface area contributed by atoms with Crippen molar-refractivity contribution in [3.63, 3.8) is 0 Å². The van der Waals surface area contributed by atoms with Crippen molar-refractivity contribution in [3.05, 3.63) is 29.8 Å². The van der Waals surface area contributed by atoms with Gasteiger partial charge in [0.05, 0.1) is 13.2 Å². The van der Waals surface area contributed by atoms with Crippen LogP contribution in [0.2, 0.25) is 0 Å². The summed E-state index contributed by atoms with van der Waals surface area (Å²) in [5, 5.41) is 12.6. The Morgan fingerprint density at radius 1 is 1.33 bits per heavy atom. The maximum atomic E-state index is 13.6. The zero-order valence-electron chi connectivity index (χ0n) is 20.2. The predicted octanol–water partition coefficient (Wildman–Crippen LogP) is 3.07. The average molecular weight is 480 g/mol. The number of hydrogen-bond acceptors (Lipinski definition) is 5. The SMILES string of the molecule is CC(C)NC(=O)N(C)C[C@H]1Oc2cc(C3=CCCC3)ccc2S(=O)(=O)N([C@@H](C)CO)C[C@@H]1C. The molecule has 0 saturated carbocycles. The van der Waals surface area contributed by atoms with Crippen LogP contribution >= 0.6 is 0 Å². The molecule has 0 aromatic heterocycles. The van der Waals surface area contributed by atoms with Gasteiger partial charge in [0.15, 0.2) is 0 Å². The van der Waals surface area contributed by atoms with Gasteiger partial charge in [-0.1, -0.05) is 19.1 Å². The molecule has 2 N–H and O–H groups in total. The number of nitrogens with zero attached hydrogens (tertiary/aromatic N) is 2. The normalized spacial score (nSPS) is 23.7. The number of allylic oxidation sites excluding steroid dienone is 2. The van der Waals surface area contributed by atoms with Gasteiger partial charge < -0.3 is 20.1 Å². The van der Waals surface area contributed by atoms with E-state index in [1.807, 2.05) is 32.9 Å². The van der Waals surface area contributed by atoms with Gasteiger partial charge in [-0.3, -0.25) is 0 Å². The number of carbonyl (C=O) groups excluding carboxylic acids is 1. The molecule has 3 atom stereocenters. The third-order valence-electron chi connectivity index (χ3n) is 6.29. The number of hydrogen-bond donors (Lipinski definition) is 2. The molecule has 184 valence electrons. The summed E-state index contributed by atoms with van der Waals surface area (Å²) in [6, 6.07) is 4.47. The van der Waals surface area contributed by atoms with Crippen molar-refractivity contribution in [2.24, 2.45) is 5.92 Å². The van der Waals surface area contributed by atoms with Crippen molar-refractivity contribution in [1.29, 1.82) is 0 Å². The van der Waals surface area contributed by atoms with Crippen molar-refractivity contribution in [3.8, 4) is 5.75 Å². The van der Waals surface area contributed by atoms with E-state index in [1.54, 1.807) is 24.9 Å². The summed E-state index contributed by atoms with van der Waals surface area (Å²) >= 11 is 0. The van der Waals surface area contributed by atoms with E-state index >= 15 is 0 Å². The first-order valence-corrected chi connectivity index (χ1v) is 13.1.